The first-order valence-corrected chi connectivity index (χ1v) is 8.69. The molecule has 0 aliphatic heterocycles. The van der Waals surface area contributed by atoms with Crippen LogP contribution in [0.15, 0.2) is 14.9 Å². The molecule has 10 heteroatoms. The molecule has 2 aromatic rings. The fourth-order valence-corrected chi connectivity index (χ4v) is 2.95. The van der Waals surface area contributed by atoms with E-state index in [0.29, 0.717) is 17.5 Å². The smallest absolute Gasteiger partial charge is 0.361 e. The van der Waals surface area contributed by atoms with Gasteiger partial charge in [0.2, 0.25) is 0 Å². The van der Waals surface area contributed by atoms with Crippen LogP contribution in [0.5, 0.6) is 0 Å². The number of hydrogen-bond acceptors (Lipinski definition) is 5. The Bertz CT molecular complexity index is 702. The van der Waals surface area contributed by atoms with Gasteiger partial charge in [-0.05, 0) is 6.42 Å². The number of aryl methyl sites for hydroxylation is 2. The van der Waals surface area contributed by atoms with E-state index in [2.05, 4.69) is 25.8 Å². The van der Waals surface area contributed by atoms with E-state index in [0.717, 1.165) is 46.6 Å². The zero-order chi connectivity index (χ0) is 18.4. The van der Waals surface area contributed by atoms with E-state index in [4.69, 9.17) is 4.52 Å². The summed E-state index contributed by atoms with van der Waals surface area (Å²) in [6.07, 6.45) is -2.93. The third-order valence-electron chi connectivity index (χ3n) is 3.51. The first kappa shape index (κ1) is 19.2. The molecule has 0 amide bonds. The number of aliphatic imine (C=N–C) groups is 1. The van der Waals surface area contributed by atoms with E-state index < -0.39 is 11.9 Å². The van der Waals surface area contributed by atoms with Gasteiger partial charge in [0, 0.05) is 31.0 Å². The van der Waals surface area contributed by atoms with Gasteiger partial charge in [-0.25, -0.2) is 4.98 Å². The second kappa shape index (κ2) is 8.32. The molecule has 0 bridgehead atoms. The molecule has 25 heavy (non-hydrogen) atoms. The first-order chi connectivity index (χ1) is 11.9. The van der Waals surface area contributed by atoms with E-state index in [1.807, 2.05) is 13.8 Å². The Labute approximate surface area is 147 Å². The predicted molar refractivity (Wildman–Crippen MR) is 89.4 cm³/mol. The quantitative estimate of drug-likeness (QED) is 0.599. The van der Waals surface area contributed by atoms with E-state index >= 15 is 0 Å². The second-order valence-electron chi connectivity index (χ2n) is 5.14. The van der Waals surface area contributed by atoms with E-state index in [1.54, 1.807) is 7.05 Å². The lowest BCUT2D eigenvalue weighted by molar-refractivity contribution is -0.140. The standard InChI is InChI=1S/C15H20F3N5OS/c1-4-10-9(11(5-2)24-23-10)6-20-14(19-3)21-7-13-22-12(8-25-13)15(16,17)18/h8H,4-7H2,1-3H3,(H2,19,20,21). The molecule has 0 unspecified atom stereocenters. The lowest BCUT2D eigenvalue weighted by Crippen LogP contribution is -2.36. The normalized spacial score (nSPS) is 12.5. The maximum Gasteiger partial charge on any atom is 0.434 e. The average Bonchev–Trinajstić information content (AvgIpc) is 3.20. The van der Waals surface area contributed by atoms with E-state index in [-0.39, 0.29) is 6.54 Å². The van der Waals surface area contributed by atoms with Gasteiger partial charge in [0.1, 0.15) is 10.8 Å². The topological polar surface area (TPSA) is 75.3 Å². The Morgan fingerprint density at radius 3 is 2.52 bits per heavy atom. The molecule has 138 valence electrons. The van der Waals surface area contributed by atoms with Crippen LogP contribution >= 0.6 is 11.3 Å². The fourth-order valence-electron chi connectivity index (χ4n) is 2.21. The molecule has 2 rings (SSSR count). The molecule has 0 saturated heterocycles. The highest BCUT2D eigenvalue weighted by molar-refractivity contribution is 7.09. The van der Waals surface area contributed by atoms with Gasteiger partial charge in [-0.15, -0.1) is 11.3 Å². The summed E-state index contributed by atoms with van der Waals surface area (Å²) in [6, 6.07) is 0. The van der Waals surface area contributed by atoms with Gasteiger partial charge in [0.25, 0.3) is 0 Å². The molecule has 2 heterocycles. The van der Waals surface area contributed by atoms with Crippen molar-refractivity contribution in [1.82, 2.24) is 20.8 Å². The van der Waals surface area contributed by atoms with Crippen molar-refractivity contribution in [2.75, 3.05) is 7.05 Å². The van der Waals surface area contributed by atoms with Gasteiger partial charge in [0.15, 0.2) is 11.7 Å². The van der Waals surface area contributed by atoms with Crippen molar-refractivity contribution in [3.63, 3.8) is 0 Å². The number of aromatic nitrogens is 2. The number of alkyl halides is 3. The molecule has 0 atom stereocenters. The van der Waals surface area contributed by atoms with Crippen molar-refractivity contribution >= 4 is 17.3 Å². The maximum atomic E-state index is 12.6. The highest BCUT2D eigenvalue weighted by Crippen LogP contribution is 2.29. The number of guanidine groups is 1. The summed E-state index contributed by atoms with van der Waals surface area (Å²) >= 11 is 0.955. The Kier molecular flexibility index (Phi) is 6.40. The Morgan fingerprint density at radius 2 is 1.96 bits per heavy atom. The van der Waals surface area contributed by atoms with Crippen molar-refractivity contribution in [3.05, 3.63) is 33.1 Å². The summed E-state index contributed by atoms with van der Waals surface area (Å²) in [7, 11) is 1.59. The highest BCUT2D eigenvalue weighted by atomic mass is 32.1. The summed E-state index contributed by atoms with van der Waals surface area (Å²) < 4.78 is 43.0. The minimum atomic E-state index is -4.42. The highest BCUT2D eigenvalue weighted by Gasteiger charge is 2.33. The lowest BCUT2D eigenvalue weighted by Gasteiger charge is -2.11. The molecular weight excluding hydrogens is 355 g/mol. The zero-order valence-corrected chi connectivity index (χ0v) is 15.0. The van der Waals surface area contributed by atoms with Crippen LogP contribution in [0.1, 0.15) is 41.6 Å². The summed E-state index contributed by atoms with van der Waals surface area (Å²) in [5, 5.41) is 11.5. The lowest BCUT2D eigenvalue weighted by atomic mass is 10.1. The summed E-state index contributed by atoms with van der Waals surface area (Å²) in [5.41, 5.74) is 0.998. The van der Waals surface area contributed by atoms with Crippen LogP contribution < -0.4 is 10.6 Å². The minimum Gasteiger partial charge on any atom is -0.361 e. The molecule has 0 fully saturated rings. The van der Waals surface area contributed by atoms with Crippen molar-refractivity contribution in [3.8, 4) is 0 Å². The molecule has 6 nitrogen and oxygen atoms in total. The van der Waals surface area contributed by atoms with Crippen molar-refractivity contribution < 1.29 is 17.7 Å². The number of halogens is 3. The maximum absolute atomic E-state index is 12.6. The van der Waals surface area contributed by atoms with Gasteiger partial charge >= 0.3 is 6.18 Å². The first-order valence-electron chi connectivity index (χ1n) is 7.81. The molecule has 0 spiro atoms. The second-order valence-corrected chi connectivity index (χ2v) is 6.08. The predicted octanol–water partition coefficient (Wildman–Crippen LogP) is 3.14. The molecule has 0 saturated carbocycles. The van der Waals surface area contributed by atoms with Crippen LogP contribution in [-0.4, -0.2) is 23.1 Å². The minimum absolute atomic E-state index is 0.158. The van der Waals surface area contributed by atoms with Crippen molar-refractivity contribution in [2.24, 2.45) is 4.99 Å². The fraction of sp³-hybridized carbons (Fsp3) is 0.533. The summed E-state index contributed by atoms with van der Waals surface area (Å²) in [4.78, 5) is 7.64. The van der Waals surface area contributed by atoms with Gasteiger partial charge in [0.05, 0.1) is 12.2 Å². The van der Waals surface area contributed by atoms with E-state index in [1.165, 1.54) is 0 Å². The van der Waals surface area contributed by atoms with Crippen LogP contribution in [0.2, 0.25) is 0 Å². The average molecular weight is 375 g/mol. The van der Waals surface area contributed by atoms with Crippen LogP contribution in [0.4, 0.5) is 13.2 Å². The van der Waals surface area contributed by atoms with Crippen LogP contribution in [0.3, 0.4) is 0 Å². The third kappa shape index (κ3) is 4.94. The number of nitrogens with one attached hydrogen (secondary N) is 2. The summed E-state index contributed by atoms with van der Waals surface area (Å²) in [5.74, 6) is 1.28. The Balaban J connectivity index is 1.93. The van der Waals surface area contributed by atoms with Gasteiger partial charge in [-0.2, -0.15) is 13.2 Å². The van der Waals surface area contributed by atoms with Crippen LogP contribution in [0, 0.1) is 0 Å². The van der Waals surface area contributed by atoms with Crippen molar-refractivity contribution in [2.45, 2.75) is 46.0 Å². The molecule has 0 aliphatic rings. The molecule has 2 aromatic heterocycles. The number of nitrogens with zero attached hydrogens (tertiary/aromatic N) is 3. The Morgan fingerprint density at radius 1 is 1.24 bits per heavy atom. The molecule has 0 radical (unpaired) electrons. The molecule has 2 N–H and O–H groups in total. The number of hydrogen-bond donors (Lipinski definition) is 2. The monoisotopic (exact) mass is 375 g/mol. The van der Waals surface area contributed by atoms with Crippen molar-refractivity contribution in [1.29, 1.82) is 0 Å². The van der Waals surface area contributed by atoms with Gasteiger partial charge in [-0.1, -0.05) is 19.0 Å². The Hall–Kier alpha value is -2.10. The van der Waals surface area contributed by atoms with E-state index in [9.17, 15) is 13.2 Å². The van der Waals surface area contributed by atoms with Gasteiger partial charge in [-0.3, -0.25) is 4.99 Å². The van der Waals surface area contributed by atoms with Gasteiger partial charge < -0.3 is 15.2 Å². The number of thiazole rings is 1. The third-order valence-corrected chi connectivity index (χ3v) is 4.36. The largest absolute Gasteiger partial charge is 0.434 e. The molecular formula is C15H20F3N5OS. The van der Waals surface area contributed by atoms with Crippen LogP contribution in [0.25, 0.3) is 0 Å². The molecule has 0 aliphatic carbocycles. The summed E-state index contributed by atoms with van der Waals surface area (Å²) in [6.45, 7) is 4.61. The number of rotatable bonds is 6. The van der Waals surface area contributed by atoms with Crippen LogP contribution in [-0.2, 0) is 32.1 Å². The zero-order valence-electron chi connectivity index (χ0n) is 14.2. The SMILES string of the molecule is CCc1noc(CC)c1CNC(=NC)NCc1nc(C(F)(F)F)cs1. The molecule has 0 aromatic carbocycles.